The second kappa shape index (κ2) is 16.3. The van der Waals surface area contributed by atoms with Crippen LogP contribution in [0.2, 0.25) is 0 Å². The van der Waals surface area contributed by atoms with Crippen LogP contribution >= 0.6 is 0 Å². The Labute approximate surface area is 220 Å². The van der Waals surface area contributed by atoms with Gasteiger partial charge < -0.3 is 4.90 Å². The highest BCUT2D eigenvalue weighted by atomic mass is 15.1. The normalized spacial score (nSPS) is 18.0. The zero-order valence-corrected chi connectivity index (χ0v) is 23.2. The molecule has 0 saturated carbocycles. The Hall–Kier alpha value is -3.38. The van der Waals surface area contributed by atoms with Crippen LogP contribution < -0.4 is 0 Å². The van der Waals surface area contributed by atoms with Crippen molar-refractivity contribution in [2.24, 2.45) is 10.4 Å². The molecule has 1 aliphatic rings. The van der Waals surface area contributed by atoms with Gasteiger partial charge in [0.25, 0.3) is 0 Å². The summed E-state index contributed by atoms with van der Waals surface area (Å²) in [4.78, 5) is 7.01. The lowest BCUT2D eigenvalue weighted by Crippen LogP contribution is -2.39. The number of nitrogens with zero attached hydrogens (tertiary/aromatic N) is 3. The summed E-state index contributed by atoms with van der Waals surface area (Å²) in [6, 6.07) is 2.69. The fraction of sp³-hybridized carbons (Fsp3) is 0.394. The molecule has 0 spiro atoms. The minimum atomic E-state index is -0.357. The molecule has 0 aromatic carbocycles. The maximum Gasteiger partial charge on any atom is 0.0694 e. The Morgan fingerprint density at radius 3 is 2.28 bits per heavy atom. The van der Waals surface area contributed by atoms with Gasteiger partial charge in [-0.1, -0.05) is 93.3 Å². The minimum absolute atomic E-state index is 0.357. The molecule has 0 aromatic rings. The van der Waals surface area contributed by atoms with Crippen LogP contribution in [0.25, 0.3) is 0 Å². The topological polar surface area (TPSA) is 39.4 Å². The molecule has 1 aliphatic heterocycles. The summed E-state index contributed by atoms with van der Waals surface area (Å²) in [5, 5.41) is 10.2. The van der Waals surface area contributed by atoms with Gasteiger partial charge in [-0.25, -0.2) is 0 Å². The second-order valence-corrected chi connectivity index (χ2v) is 9.07. The highest BCUT2D eigenvalue weighted by Crippen LogP contribution is 2.40. The predicted octanol–water partition coefficient (Wildman–Crippen LogP) is 8.96. The van der Waals surface area contributed by atoms with Gasteiger partial charge in [0.15, 0.2) is 0 Å². The molecule has 0 unspecified atom stereocenters. The van der Waals surface area contributed by atoms with Gasteiger partial charge in [-0.2, -0.15) is 5.26 Å². The summed E-state index contributed by atoms with van der Waals surface area (Å²) in [7, 11) is 0. The molecule has 192 valence electrons. The van der Waals surface area contributed by atoms with E-state index >= 15 is 0 Å². The van der Waals surface area contributed by atoms with Gasteiger partial charge in [-0.05, 0) is 64.5 Å². The standard InChI is InChI=1S/C33H45N3/c1-9-15-18-30(28(8)31(16-10-2)35-14-6)32(17-11-3)36-23-21-33(26-34,22-24-36)25-29(13-5)20-19-27(7)12-4/h9-10,13-20H,1-2,7,11-12,21-25H2,3-6,8H3/b18-15-,20-19-,29-13+,30-28-,31-16-,32-17-,35-14?. The van der Waals surface area contributed by atoms with Crippen molar-refractivity contribution < 1.29 is 0 Å². The largest absolute Gasteiger partial charge is 0.371 e. The summed E-state index contributed by atoms with van der Waals surface area (Å²) in [6.07, 6.45) is 24.3. The van der Waals surface area contributed by atoms with Crippen molar-refractivity contribution in [1.29, 1.82) is 5.26 Å². The molecular weight excluding hydrogens is 438 g/mol. The first-order valence-corrected chi connectivity index (χ1v) is 13.0. The maximum absolute atomic E-state index is 10.2. The Morgan fingerprint density at radius 1 is 1.08 bits per heavy atom. The zero-order chi connectivity index (χ0) is 27.0. The van der Waals surface area contributed by atoms with E-state index < -0.39 is 0 Å². The van der Waals surface area contributed by atoms with E-state index in [-0.39, 0.29) is 5.41 Å². The number of rotatable bonds is 13. The Kier molecular flexibility index (Phi) is 13.9. The first-order chi connectivity index (χ1) is 17.3. The molecule has 0 amide bonds. The average molecular weight is 484 g/mol. The van der Waals surface area contributed by atoms with Crippen LogP contribution in [-0.2, 0) is 0 Å². The van der Waals surface area contributed by atoms with Crippen LogP contribution in [0.3, 0.4) is 0 Å². The first-order valence-electron chi connectivity index (χ1n) is 13.0. The molecule has 1 fully saturated rings. The average Bonchev–Trinajstić information content (AvgIpc) is 2.90. The van der Waals surface area contributed by atoms with Crippen LogP contribution in [0.5, 0.6) is 0 Å². The quantitative estimate of drug-likeness (QED) is 0.194. The van der Waals surface area contributed by atoms with Crippen molar-refractivity contribution in [3.63, 3.8) is 0 Å². The third kappa shape index (κ3) is 9.00. The molecule has 0 aliphatic carbocycles. The molecule has 0 atom stereocenters. The van der Waals surface area contributed by atoms with E-state index in [0.717, 1.165) is 67.6 Å². The molecule has 0 aromatic heterocycles. The van der Waals surface area contributed by atoms with Gasteiger partial charge in [0, 0.05) is 30.6 Å². The van der Waals surface area contributed by atoms with Crippen LogP contribution in [0.15, 0.2) is 113 Å². The van der Waals surface area contributed by atoms with E-state index in [0.29, 0.717) is 0 Å². The zero-order valence-electron chi connectivity index (χ0n) is 23.2. The van der Waals surface area contributed by atoms with Crippen LogP contribution in [0, 0.1) is 16.7 Å². The fourth-order valence-electron chi connectivity index (χ4n) is 4.32. The van der Waals surface area contributed by atoms with E-state index in [2.05, 4.69) is 93.8 Å². The monoisotopic (exact) mass is 483 g/mol. The number of nitriles is 1. The summed E-state index contributed by atoms with van der Waals surface area (Å²) in [6.45, 7) is 23.8. The van der Waals surface area contributed by atoms with E-state index in [1.165, 1.54) is 11.3 Å². The SMILES string of the molecule is C=C\C=C/C(C(=C/CC)/N1CCC(C#N)(CC(/C=C\C(=C)CC)=C/C)CC1)=C(C)/C(=C/C=C)N=CC. The van der Waals surface area contributed by atoms with Gasteiger partial charge in [-0.3, -0.25) is 4.99 Å². The van der Waals surface area contributed by atoms with Crippen molar-refractivity contribution in [2.75, 3.05) is 13.1 Å². The maximum atomic E-state index is 10.2. The molecule has 3 nitrogen and oxygen atoms in total. The molecule has 1 heterocycles. The fourth-order valence-corrected chi connectivity index (χ4v) is 4.32. The van der Waals surface area contributed by atoms with Gasteiger partial charge in [0.05, 0.1) is 17.2 Å². The lowest BCUT2D eigenvalue weighted by Gasteiger charge is -2.40. The molecule has 3 heteroatoms. The number of aliphatic imine (C=N–C) groups is 1. The van der Waals surface area contributed by atoms with E-state index in [4.69, 9.17) is 0 Å². The summed E-state index contributed by atoms with van der Waals surface area (Å²) in [5.41, 5.74) is 6.22. The number of hydrogen-bond acceptors (Lipinski definition) is 3. The first kappa shape index (κ1) is 30.7. The van der Waals surface area contributed by atoms with Gasteiger partial charge in [0.1, 0.15) is 0 Å². The summed E-state index contributed by atoms with van der Waals surface area (Å²) in [5.74, 6) is 0. The van der Waals surface area contributed by atoms with Gasteiger partial charge in [0.2, 0.25) is 0 Å². The lowest BCUT2D eigenvalue weighted by atomic mass is 9.74. The van der Waals surface area contributed by atoms with E-state index in [9.17, 15) is 5.26 Å². The van der Waals surface area contributed by atoms with Gasteiger partial charge >= 0.3 is 0 Å². The minimum Gasteiger partial charge on any atom is -0.371 e. The predicted molar refractivity (Wildman–Crippen MR) is 159 cm³/mol. The van der Waals surface area contributed by atoms with Crippen molar-refractivity contribution in [3.05, 3.63) is 108 Å². The lowest BCUT2D eigenvalue weighted by molar-refractivity contribution is 0.179. The van der Waals surface area contributed by atoms with Crippen molar-refractivity contribution in [3.8, 4) is 6.07 Å². The third-order valence-electron chi connectivity index (χ3n) is 6.60. The molecule has 0 bridgehead atoms. The van der Waals surface area contributed by atoms with Crippen molar-refractivity contribution in [1.82, 2.24) is 4.90 Å². The van der Waals surface area contributed by atoms with Crippen LogP contribution in [0.4, 0.5) is 0 Å². The smallest absolute Gasteiger partial charge is 0.0694 e. The second-order valence-electron chi connectivity index (χ2n) is 9.07. The molecule has 1 saturated heterocycles. The molecule has 1 rings (SSSR count). The Morgan fingerprint density at radius 2 is 1.78 bits per heavy atom. The molecule has 0 N–H and O–H groups in total. The number of allylic oxidation sites excluding steroid dienone is 12. The Bertz CT molecular complexity index is 1020. The molecular formula is C33H45N3. The van der Waals surface area contributed by atoms with Crippen LogP contribution in [-0.4, -0.2) is 24.2 Å². The number of piperidine rings is 1. The molecule has 36 heavy (non-hydrogen) atoms. The van der Waals surface area contributed by atoms with Crippen molar-refractivity contribution in [2.45, 2.75) is 66.7 Å². The summed E-state index contributed by atoms with van der Waals surface area (Å²) < 4.78 is 0. The molecule has 0 radical (unpaired) electrons. The van der Waals surface area contributed by atoms with Crippen LogP contribution in [0.1, 0.15) is 66.7 Å². The Balaban J connectivity index is 3.33. The van der Waals surface area contributed by atoms with Gasteiger partial charge in [-0.15, -0.1) is 0 Å². The highest BCUT2D eigenvalue weighted by Gasteiger charge is 2.36. The summed E-state index contributed by atoms with van der Waals surface area (Å²) >= 11 is 0. The van der Waals surface area contributed by atoms with E-state index in [1.54, 1.807) is 12.2 Å². The number of likely N-dealkylation sites (tertiary alicyclic amines) is 1. The van der Waals surface area contributed by atoms with Crippen molar-refractivity contribution >= 4 is 6.21 Å². The number of hydrogen-bond donors (Lipinski definition) is 0. The third-order valence-corrected chi connectivity index (χ3v) is 6.60. The highest BCUT2D eigenvalue weighted by molar-refractivity contribution is 5.59. The van der Waals surface area contributed by atoms with E-state index in [1.807, 2.05) is 25.3 Å².